The molecule has 1 aromatic carbocycles. The summed E-state index contributed by atoms with van der Waals surface area (Å²) in [6.07, 6.45) is 2.71. The molecule has 3 N–H and O–H groups in total. The molecule has 0 saturated heterocycles. The fourth-order valence-corrected chi connectivity index (χ4v) is 1.99. The largest absolute Gasteiger partial charge is 0.352 e. The zero-order valence-corrected chi connectivity index (χ0v) is 12.6. The molecule has 2 unspecified atom stereocenters. The molecule has 0 aliphatic carbocycles. The number of carbonyl (C=O) groups excluding carboxylic acids is 1. The van der Waals surface area contributed by atoms with Gasteiger partial charge in [0.15, 0.2) is 0 Å². The minimum atomic E-state index is -0.235. The highest BCUT2D eigenvalue weighted by Gasteiger charge is 2.12. The van der Waals surface area contributed by atoms with Gasteiger partial charge in [0.1, 0.15) is 5.82 Å². The molecule has 0 aliphatic rings. The number of carbonyl (C=O) groups is 1. The molecular formula is C16H25FN2O. The fourth-order valence-electron chi connectivity index (χ4n) is 1.99. The van der Waals surface area contributed by atoms with E-state index in [1.54, 1.807) is 13.0 Å². The molecule has 1 rings (SSSR count). The summed E-state index contributed by atoms with van der Waals surface area (Å²) in [5.74, 6) is -0.263. The average Bonchev–Trinajstić information content (AvgIpc) is 2.39. The van der Waals surface area contributed by atoms with Crippen molar-refractivity contribution in [3.63, 3.8) is 0 Å². The van der Waals surface area contributed by atoms with Gasteiger partial charge in [-0.25, -0.2) is 4.39 Å². The smallest absolute Gasteiger partial charge is 0.223 e. The quantitative estimate of drug-likeness (QED) is 0.807. The summed E-state index contributed by atoms with van der Waals surface area (Å²) in [5, 5.41) is 2.85. The number of hydrogen-bond donors (Lipinski definition) is 2. The van der Waals surface area contributed by atoms with E-state index in [0.717, 1.165) is 24.8 Å². The zero-order chi connectivity index (χ0) is 15.1. The third kappa shape index (κ3) is 5.70. The summed E-state index contributed by atoms with van der Waals surface area (Å²) in [4.78, 5) is 11.9. The Hall–Kier alpha value is -1.42. The molecule has 0 saturated carbocycles. The topological polar surface area (TPSA) is 55.1 Å². The summed E-state index contributed by atoms with van der Waals surface area (Å²) in [6, 6.07) is 5.21. The highest BCUT2D eigenvalue weighted by molar-refractivity contribution is 5.78. The third-order valence-electron chi connectivity index (χ3n) is 3.45. The number of halogens is 1. The highest BCUT2D eigenvalue weighted by Crippen LogP contribution is 2.11. The summed E-state index contributed by atoms with van der Waals surface area (Å²) in [5.41, 5.74) is 7.08. The Kier molecular flexibility index (Phi) is 6.65. The Balaban J connectivity index is 2.36. The number of hydrogen-bond acceptors (Lipinski definition) is 2. The molecule has 0 bridgehead atoms. The molecule has 20 heavy (non-hydrogen) atoms. The predicted molar refractivity (Wildman–Crippen MR) is 79.6 cm³/mol. The first-order valence-corrected chi connectivity index (χ1v) is 7.18. The number of nitrogens with two attached hydrogens (primary N) is 1. The molecule has 3 nitrogen and oxygen atoms in total. The highest BCUT2D eigenvalue weighted by atomic mass is 19.1. The monoisotopic (exact) mass is 280 g/mol. The number of amides is 1. The van der Waals surface area contributed by atoms with Crippen molar-refractivity contribution >= 4 is 5.91 Å². The van der Waals surface area contributed by atoms with Gasteiger partial charge in [0.25, 0.3) is 0 Å². The van der Waals surface area contributed by atoms with Crippen LogP contribution in [0.15, 0.2) is 18.2 Å². The second-order valence-corrected chi connectivity index (χ2v) is 5.61. The van der Waals surface area contributed by atoms with Gasteiger partial charge < -0.3 is 11.1 Å². The second kappa shape index (κ2) is 8.00. The van der Waals surface area contributed by atoms with Crippen molar-refractivity contribution in [1.82, 2.24) is 5.32 Å². The van der Waals surface area contributed by atoms with Crippen LogP contribution in [0, 0.1) is 18.7 Å². The van der Waals surface area contributed by atoms with E-state index < -0.39 is 0 Å². The van der Waals surface area contributed by atoms with Gasteiger partial charge >= 0.3 is 0 Å². The first-order valence-electron chi connectivity index (χ1n) is 7.18. The maximum absolute atomic E-state index is 13.4. The maximum Gasteiger partial charge on any atom is 0.223 e. The van der Waals surface area contributed by atoms with Crippen LogP contribution in [0.1, 0.15) is 44.2 Å². The second-order valence-electron chi connectivity index (χ2n) is 5.61. The van der Waals surface area contributed by atoms with Gasteiger partial charge in [-0.15, -0.1) is 0 Å². The standard InChI is InChI=1S/C16H25FN2O/c1-11-7-8-14(9-15(11)17)10-19-16(20)12(2)5-4-6-13(3)18/h7-9,12-13H,4-6,10,18H2,1-3H3,(H,19,20). The lowest BCUT2D eigenvalue weighted by molar-refractivity contribution is -0.124. The van der Waals surface area contributed by atoms with E-state index in [1.165, 1.54) is 6.07 Å². The fraction of sp³-hybridized carbons (Fsp3) is 0.562. The maximum atomic E-state index is 13.4. The van der Waals surface area contributed by atoms with Crippen molar-refractivity contribution in [1.29, 1.82) is 0 Å². The molecule has 112 valence electrons. The summed E-state index contributed by atoms with van der Waals surface area (Å²) >= 11 is 0. The van der Waals surface area contributed by atoms with Gasteiger partial charge in [-0.3, -0.25) is 4.79 Å². The molecule has 4 heteroatoms. The van der Waals surface area contributed by atoms with Crippen molar-refractivity contribution in [3.05, 3.63) is 35.1 Å². The van der Waals surface area contributed by atoms with Crippen LogP contribution in [0.3, 0.4) is 0 Å². The summed E-state index contributed by atoms with van der Waals surface area (Å²) in [6.45, 7) is 5.97. The van der Waals surface area contributed by atoms with Crippen molar-refractivity contribution in [3.8, 4) is 0 Å². The summed E-state index contributed by atoms with van der Waals surface area (Å²) in [7, 11) is 0. The lowest BCUT2D eigenvalue weighted by atomic mass is 10.0. The first-order chi connectivity index (χ1) is 9.40. The molecule has 0 heterocycles. The van der Waals surface area contributed by atoms with Crippen LogP contribution in [0.2, 0.25) is 0 Å². The van der Waals surface area contributed by atoms with E-state index in [1.807, 2.05) is 19.9 Å². The lowest BCUT2D eigenvalue weighted by Gasteiger charge is -2.13. The molecule has 0 fully saturated rings. The van der Waals surface area contributed by atoms with Crippen LogP contribution in [-0.4, -0.2) is 11.9 Å². The first kappa shape index (κ1) is 16.6. The van der Waals surface area contributed by atoms with Crippen molar-refractivity contribution in [2.24, 2.45) is 11.7 Å². The number of nitrogens with one attached hydrogen (secondary N) is 1. The Labute approximate surface area is 120 Å². The molecule has 0 spiro atoms. The molecular weight excluding hydrogens is 255 g/mol. The van der Waals surface area contributed by atoms with E-state index in [-0.39, 0.29) is 23.7 Å². The van der Waals surface area contributed by atoms with E-state index in [4.69, 9.17) is 5.73 Å². The minimum Gasteiger partial charge on any atom is -0.352 e. The Morgan fingerprint density at radius 3 is 2.65 bits per heavy atom. The molecule has 1 amide bonds. The lowest BCUT2D eigenvalue weighted by Crippen LogP contribution is -2.29. The number of rotatable bonds is 7. The Bertz CT molecular complexity index is 446. The molecule has 0 aliphatic heterocycles. The normalized spacial score (nSPS) is 13.8. The zero-order valence-electron chi connectivity index (χ0n) is 12.6. The SMILES string of the molecule is Cc1ccc(CNC(=O)C(C)CCCC(C)N)cc1F. The number of aryl methyl sites for hydroxylation is 1. The molecule has 0 aromatic heterocycles. The number of benzene rings is 1. The Morgan fingerprint density at radius 2 is 2.05 bits per heavy atom. The van der Waals surface area contributed by atoms with Crippen molar-refractivity contribution in [2.75, 3.05) is 0 Å². The Morgan fingerprint density at radius 1 is 1.35 bits per heavy atom. The van der Waals surface area contributed by atoms with Crippen molar-refractivity contribution in [2.45, 2.75) is 52.6 Å². The van der Waals surface area contributed by atoms with Gasteiger partial charge in [-0.05, 0) is 43.9 Å². The predicted octanol–water partition coefficient (Wildman–Crippen LogP) is 2.90. The van der Waals surface area contributed by atoms with E-state index in [9.17, 15) is 9.18 Å². The van der Waals surface area contributed by atoms with Crippen LogP contribution in [0.25, 0.3) is 0 Å². The van der Waals surface area contributed by atoms with Crippen LogP contribution in [0.5, 0.6) is 0 Å². The van der Waals surface area contributed by atoms with Crippen LogP contribution in [-0.2, 0) is 11.3 Å². The third-order valence-corrected chi connectivity index (χ3v) is 3.45. The minimum absolute atomic E-state index is 0.00987. The molecule has 1 aromatic rings. The van der Waals surface area contributed by atoms with Gasteiger partial charge in [0.2, 0.25) is 5.91 Å². The summed E-state index contributed by atoms with van der Waals surface area (Å²) < 4.78 is 13.4. The van der Waals surface area contributed by atoms with Crippen LogP contribution < -0.4 is 11.1 Å². The van der Waals surface area contributed by atoms with Crippen molar-refractivity contribution < 1.29 is 9.18 Å². The van der Waals surface area contributed by atoms with Gasteiger partial charge in [0.05, 0.1) is 0 Å². The van der Waals surface area contributed by atoms with Crippen LogP contribution in [0.4, 0.5) is 4.39 Å². The van der Waals surface area contributed by atoms with E-state index >= 15 is 0 Å². The van der Waals surface area contributed by atoms with E-state index in [0.29, 0.717) is 12.1 Å². The van der Waals surface area contributed by atoms with Gasteiger partial charge in [-0.1, -0.05) is 25.5 Å². The molecule has 2 atom stereocenters. The molecule has 0 radical (unpaired) electrons. The van der Waals surface area contributed by atoms with Crippen LogP contribution >= 0.6 is 0 Å². The average molecular weight is 280 g/mol. The van der Waals surface area contributed by atoms with E-state index in [2.05, 4.69) is 5.32 Å². The van der Waals surface area contributed by atoms with Gasteiger partial charge in [0, 0.05) is 18.5 Å². The van der Waals surface area contributed by atoms with Gasteiger partial charge in [-0.2, -0.15) is 0 Å².